The number of benzene rings is 1. The van der Waals surface area contributed by atoms with Gasteiger partial charge < -0.3 is 11.1 Å². The molecular formula is C11H14N4S. The highest BCUT2D eigenvalue weighted by atomic mass is 32.2. The first-order valence-electron chi connectivity index (χ1n) is 5.26. The molecule has 3 rings (SSSR count). The Morgan fingerprint density at radius 1 is 1.31 bits per heavy atom. The molecule has 5 heteroatoms. The van der Waals surface area contributed by atoms with Crippen molar-refractivity contribution in [2.75, 3.05) is 18.2 Å². The van der Waals surface area contributed by atoms with Gasteiger partial charge in [-0.15, -0.1) is 0 Å². The Morgan fingerprint density at radius 2 is 2.06 bits per heavy atom. The van der Waals surface area contributed by atoms with Gasteiger partial charge in [-0.1, -0.05) is 33.7 Å². The van der Waals surface area contributed by atoms with Gasteiger partial charge in [-0.2, -0.15) is 0 Å². The lowest BCUT2D eigenvalue weighted by Crippen LogP contribution is -2.15. The van der Waals surface area contributed by atoms with Crippen molar-refractivity contribution in [3.8, 4) is 0 Å². The molecule has 1 aromatic rings. The van der Waals surface area contributed by atoms with Gasteiger partial charge in [0.05, 0.1) is 0 Å². The first-order chi connectivity index (χ1) is 7.71. The predicted molar refractivity (Wildman–Crippen MR) is 69.1 cm³/mol. The first kappa shape index (κ1) is 9.86. The van der Waals surface area contributed by atoms with Gasteiger partial charge in [0, 0.05) is 29.3 Å². The second-order valence-corrected chi connectivity index (χ2v) is 6.93. The molecule has 2 aliphatic rings. The molecule has 0 aromatic heterocycles. The van der Waals surface area contributed by atoms with Crippen molar-refractivity contribution in [2.45, 2.75) is 0 Å². The number of fused-ring (bicyclic) bond motifs is 1. The van der Waals surface area contributed by atoms with Crippen LogP contribution in [0.2, 0.25) is 0 Å². The van der Waals surface area contributed by atoms with E-state index in [1.54, 1.807) is 0 Å². The summed E-state index contributed by atoms with van der Waals surface area (Å²) in [5, 5.41) is 3.25. The zero-order valence-corrected chi connectivity index (χ0v) is 9.68. The quantitative estimate of drug-likeness (QED) is 0.567. The third kappa shape index (κ3) is 1.28. The molecule has 2 heterocycles. The van der Waals surface area contributed by atoms with Crippen molar-refractivity contribution in [3.05, 3.63) is 35.4 Å². The number of hydrogen-bond donors (Lipinski definition) is 3. The molecule has 0 spiro atoms. The second-order valence-electron chi connectivity index (χ2n) is 4.08. The predicted octanol–water partition coefficient (Wildman–Crippen LogP) is 0.361. The molecule has 0 saturated carbocycles. The Bertz CT molecular complexity index is 582. The average molecular weight is 234 g/mol. The van der Waals surface area contributed by atoms with Gasteiger partial charge >= 0.3 is 0 Å². The Balaban J connectivity index is 2.31. The summed E-state index contributed by atoms with van der Waals surface area (Å²) in [6, 6.07) is 7.95. The zero-order chi connectivity index (χ0) is 11.2. The summed E-state index contributed by atoms with van der Waals surface area (Å²) in [4.78, 5) is 5.34. The zero-order valence-electron chi connectivity index (χ0n) is 8.86. The lowest BCUT2D eigenvalue weighted by atomic mass is 10.1. The first-order valence-corrected chi connectivity index (χ1v) is 7.23. The summed E-state index contributed by atoms with van der Waals surface area (Å²) in [6.45, 7) is 0.917. The number of rotatable bonds is 0. The molecule has 0 amide bonds. The molecule has 16 heavy (non-hydrogen) atoms. The molecular weight excluding hydrogens is 220 g/mol. The van der Waals surface area contributed by atoms with Gasteiger partial charge in [0.2, 0.25) is 0 Å². The van der Waals surface area contributed by atoms with Crippen LogP contribution in [0.1, 0.15) is 11.1 Å². The highest BCUT2D eigenvalue weighted by molar-refractivity contribution is 8.03. The van der Waals surface area contributed by atoms with Gasteiger partial charge in [0.15, 0.2) is 0 Å². The molecule has 1 saturated heterocycles. The molecule has 0 bridgehead atoms. The maximum absolute atomic E-state index is 8.52. The lowest BCUT2D eigenvalue weighted by Gasteiger charge is -2.08. The molecule has 1 fully saturated rings. The van der Waals surface area contributed by atoms with Crippen LogP contribution in [0.5, 0.6) is 0 Å². The van der Waals surface area contributed by atoms with Crippen LogP contribution in [0, 0.1) is 4.78 Å². The fourth-order valence-electron chi connectivity index (χ4n) is 2.15. The number of amidine groups is 1. The summed E-state index contributed by atoms with van der Waals surface area (Å²) in [6.07, 6.45) is 0. The maximum Gasteiger partial charge on any atom is 0.132 e. The molecule has 0 aliphatic carbocycles. The number of aliphatic imine (C=N–C) groups is 1. The van der Waals surface area contributed by atoms with Crippen molar-refractivity contribution >= 4 is 20.2 Å². The molecule has 1 atom stereocenters. The van der Waals surface area contributed by atoms with Gasteiger partial charge in [-0.05, 0) is 0 Å². The summed E-state index contributed by atoms with van der Waals surface area (Å²) in [5.74, 6) is 2.19. The fraction of sp³-hybridized carbons (Fsp3) is 0.273. The summed E-state index contributed by atoms with van der Waals surface area (Å²) in [7, 11) is -1.54. The smallest absolute Gasteiger partial charge is 0.132 e. The number of nitrogens with one attached hydrogen (secondary N) is 2. The third-order valence-electron chi connectivity index (χ3n) is 3.00. The largest absolute Gasteiger partial charge is 0.383 e. The average Bonchev–Trinajstić information content (AvgIpc) is 2.86. The van der Waals surface area contributed by atoms with E-state index in [-0.39, 0.29) is 0 Å². The summed E-state index contributed by atoms with van der Waals surface area (Å²) >= 11 is 0. The number of nitrogens with two attached hydrogens (primary N) is 1. The third-order valence-corrected chi connectivity index (χ3v) is 5.65. The van der Waals surface area contributed by atoms with Crippen molar-refractivity contribution in [1.29, 1.82) is 4.78 Å². The van der Waals surface area contributed by atoms with Crippen LogP contribution in [-0.2, 0) is 9.41 Å². The Kier molecular flexibility index (Phi) is 2.05. The number of hydrogen-bond acceptors (Lipinski definition) is 3. The van der Waals surface area contributed by atoms with Crippen LogP contribution >= 0.6 is 0 Å². The van der Waals surface area contributed by atoms with E-state index in [0.29, 0.717) is 5.84 Å². The Morgan fingerprint density at radius 3 is 2.75 bits per heavy atom. The SMILES string of the molecule is N=S1(=C2N=C(N)c3ccccc32)CCNC1. The normalized spacial score (nSPS) is 28.0. The minimum Gasteiger partial charge on any atom is -0.383 e. The molecule has 84 valence electrons. The minimum absolute atomic E-state index is 0.566. The molecule has 4 N–H and O–H groups in total. The lowest BCUT2D eigenvalue weighted by molar-refractivity contribution is 0.885. The molecule has 1 unspecified atom stereocenters. The second kappa shape index (κ2) is 3.33. The minimum atomic E-state index is -1.54. The van der Waals surface area contributed by atoms with Crippen LogP contribution in [0.4, 0.5) is 0 Å². The van der Waals surface area contributed by atoms with E-state index in [2.05, 4.69) is 10.3 Å². The van der Waals surface area contributed by atoms with Crippen LogP contribution in [0.25, 0.3) is 0 Å². The topological polar surface area (TPSA) is 74.3 Å². The van der Waals surface area contributed by atoms with Crippen molar-refractivity contribution in [1.82, 2.24) is 5.32 Å². The fourth-order valence-corrected chi connectivity index (χ4v) is 4.48. The van der Waals surface area contributed by atoms with Crippen LogP contribution < -0.4 is 11.1 Å². The van der Waals surface area contributed by atoms with E-state index in [9.17, 15) is 0 Å². The van der Waals surface area contributed by atoms with E-state index in [4.69, 9.17) is 10.5 Å². The maximum atomic E-state index is 8.52. The van der Waals surface area contributed by atoms with Gasteiger partial charge in [0.25, 0.3) is 0 Å². The van der Waals surface area contributed by atoms with Crippen LogP contribution in [0.3, 0.4) is 0 Å². The van der Waals surface area contributed by atoms with Crippen LogP contribution in [-0.4, -0.2) is 29.0 Å². The van der Waals surface area contributed by atoms with E-state index >= 15 is 0 Å². The Hall–Kier alpha value is -1.33. The molecule has 2 aliphatic heterocycles. The van der Waals surface area contributed by atoms with E-state index in [0.717, 1.165) is 34.3 Å². The van der Waals surface area contributed by atoms with Crippen LogP contribution in [0.15, 0.2) is 29.3 Å². The number of nitrogens with zero attached hydrogens (tertiary/aromatic N) is 1. The van der Waals surface area contributed by atoms with Crippen molar-refractivity contribution in [2.24, 2.45) is 10.7 Å². The molecule has 0 radical (unpaired) electrons. The summed E-state index contributed by atoms with van der Waals surface area (Å²) < 4.78 is 8.52. The standard InChI is InChI=1S/C11H14N4S/c12-10-8-3-1-2-4-9(8)11(15-10)16(13)6-5-14-7-16/h1-4,13-14H,5-7H2,(H2,12,15). The van der Waals surface area contributed by atoms with E-state index in [1.165, 1.54) is 0 Å². The van der Waals surface area contributed by atoms with Crippen molar-refractivity contribution < 1.29 is 0 Å². The highest BCUT2D eigenvalue weighted by Gasteiger charge is 2.24. The van der Waals surface area contributed by atoms with Gasteiger partial charge in [0.1, 0.15) is 10.8 Å². The van der Waals surface area contributed by atoms with E-state index in [1.807, 2.05) is 24.3 Å². The van der Waals surface area contributed by atoms with Gasteiger partial charge in [-0.3, -0.25) is 4.78 Å². The van der Waals surface area contributed by atoms with Crippen molar-refractivity contribution in [3.63, 3.8) is 0 Å². The monoisotopic (exact) mass is 234 g/mol. The highest BCUT2D eigenvalue weighted by Crippen LogP contribution is 2.21. The van der Waals surface area contributed by atoms with E-state index < -0.39 is 9.41 Å². The molecule has 1 aromatic carbocycles. The molecule has 4 nitrogen and oxygen atoms in total. The Labute approximate surface area is 95.0 Å². The summed E-state index contributed by atoms with van der Waals surface area (Å²) in [5.41, 5.74) is 7.95. The van der Waals surface area contributed by atoms with Gasteiger partial charge in [-0.25, -0.2) is 4.99 Å².